The fraction of sp³-hybridized carbons (Fsp3) is 0.267. The summed E-state index contributed by atoms with van der Waals surface area (Å²) in [6.45, 7) is 0.606. The van der Waals surface area contributed by atoms with Crippen LogP contribution < -0.4 is 15.5 Å². The summed E-state index contributed by atoms with van der Waals surface area (Å²) in [5.74, 6) is 0.885. The first-order chi connectivity index (χ1) is 11.0. The van der Waals surface area contributed by atoms with E-state index < -0.39 is 4.92 Å². The minimum absolute atomic E-state index is 0.0449. The van der Waals surface area contributed by atoms with Gasteiger partial charge in [0.25, 0.3) is 5.69 Å². The van der Waals surface area contributed by atoms with Crippen LogP contribution in [0, 0.1) is 10.1 Å². The highest BCUT2D eigenvalue weighted by atomic mass is 32.1. The highest BCUT2D eigenvalue weighted by Crippen LogP contribution is 2.15. The lowest BCUT2D eigenvalue weighted by atomic mass is 10.2. The van der Waals surface area contributed by atoms with Crippen molar-refractivity contribution in [2.75, 3.05) is 26.0 Å². The molecule has 0 spiro atoms. The van der Waals surface area contributed by atoms with Crippen LogP contribution in [0.5, 0.6) is 0 Å². The topological polar surface area (TPSA) is 84.8 Å². The van der Waals surface area contributed by atoms with Crippen molar-refractivity contribution >= 4 is 28.7 Å². The van der Waals surface area contributed by atoms with Crippen molar-refractivity contribution in [2.45, 2.75) is 6.04 Å². The lowest BCUT2D eigenvalue weighted by molar-refractivity contribution is -0.891. The molecule has 3 N–H and O–H groups in total. The van der Waals surface area contributed by atoms with E-state index in [4.69, 9.17) is 16.6 Å². The van der Waals surface area contributed by atoms with Crippen LogP contribution in [0.4, 0.5) is 11.4 Å². The third-order valence-electron chi connectivity index (χ3n) is 3.39. The average molecular weight is 335 g/mol. The van der Waals surface area contributed by atoms with Crippen LogP contribution in [0.15, 0.2) is 47.1 Å². The second-order valence-electron chi connectivity index (χ2n) is 5.28. The van der Waals surface area contributed by atoms with Crippen LogP contribution in [0.25, 0.3) is 0 Å². The molecule has 0 bridgehead atoms. The van der Waals surface area contributed by atoms with E-state index in [2.05, 4.69) is 10.6 Å². The Morgan fingerprint density at radius 3 is 2.57 bits per heavy atom. The number of non-ortho nitro benzene ring substituents is 1. The van der Waals surface area contributed by atoms with Gasteiger partial charge in [0.1, 0.15) is 0 Å². The number of nitrogens with one attached hydrogen (secondary N) is 3. The highest BCUT2D eigenvalue weighted by Gasteiger charge is 2.20. The Balaban J connectivity index is 1.90. The number of hydrogen-bond acceptors (Lipinski definition) is 4. The van der Waals surface area contributed by atoms with Crippen LogP contribution in [0.2, 0.25) is 0 Å². The van der Waals surface area contributed by atoms with Crippen LogP contribution >= 0.6 is 12.2 Å². The number of quaternary nitrogens is 1. The Labute approximate surface area is 139 Å². The molecule has 2 aromatic rings. The van der Waals surface area contributed by atoms with Gasteiger partial charge in [-0.3, -0.25) is 10.1 Å². The van der Waals surface area contributed by atoms with E-state index in [1.807, 2.05) is 26.2 Å². The van der Waals surface area contributed by atoms with E-state index in [1.54, 1.807) is 18.4 Å². The maximum atomic E-state index is 10.6. The van der Waals surface area contributed by atoms with E-state index >= 15 is 0 Å². The normalized spacial score (nSPS) is 12.0. The van der Waals surface area contributed by atoms with Gasteiger partial charge in [0.2, 0.25) is 0 Å². The third-order valence-corrected chi connectivity index (χ3v) is 3.63. The molecule has 7 nitrogen and oxygen atoms in total. The number of nitro groups is 1. The summed E-state index contributed by atoms with van der Waals surface area (Å²) in [5.41, 5.74) is 0.739. The fourth-order valence-corrected chi connectivity index (χ4v) is 2.32. The number of nitrogens with zero attached hydrogens (tertiary/aromatic N) is 1. The number of furan rings is 1. The van der Waals surface area contributed by atoms with E-state index in [0.717, 1.165) is 5.76 Å². The molecule has 0 unspecified atom stereocenters. The number of anilines is 1. The van der Waals surface area contributed by atoms with Crippen molar-refractivity contribution in [1.82, 2.24) is 5.32 Å². The first kappa shape index (κ1) is 16.9. The lowest BCUT2D eigenvalue weighted by Gasteiger charge is -2.20. The second kappa shape index (κ2) is 7.70. The molecule has 0 saturated heterocycles. The van der Waals surface area contributed by atoms with Gasteiger partial charge in [-0.15, -0.1) is 0 Å². The first-order valence-corrected chi connectivity index (χ1v) is 7.51. The van der Waals surface area contributed by atoms with Gasteiger partial charge in [-0.2, -0.15) is 0 Å². The molecule has 1 aromatic heterocycles. The molecular weight excluding hydrogens is 316 g/mol. The zero-order valence-electron chi connectivity index (χ0n) is 12.9. The van der Waals surface area contributed by atoms with E-state index in [0.29, 0.717) is 17.3 Å². The van der Waals surface area contributed by atoms with Crippen molar-refractivity contribution in [3.8, 4) is 0 Å². The molecule has 1 atom stereocenters. The number of hydrogen-bond donors (Lipinski definition) is 3. The number of nitro benzene ring substituents is 1. The predicted octanol–water partition coefficient (Wildman–Crippen LogP) is 1.36. The smallest absolute Gasteiger partial charge is 0.269 e. The summed E-state index contributed by atoms with van der Waals surface area (Å²) in [6.07, 6.45) is 1.65. The Morgan fingerprint density at radius 2 is 2.04 bits per heavy atom. The summed E-state index contributed by atoms with van der Waals surface area (Å²) in [4.78, 5) is 11.4. The summed E-state index contributed by atoms with van der Waals surface area (Å²) in [5, 5.41) is 17.2. The summed E-state index contributed by atoms with van der Waals surface area (Å²) >= 11 is 5.26. The largest absolute Gasteiger partial charge is 0.463 e. The molecule has 2 rings (SSSR count). The predicted molar refractivity (Wildman–Crippen MR) is 91.6 cm³/mol. The monoisotopic (exact) mass is 335 g/mol. The number of likely N-dealkylation sites (N-methyl/N-ethyl adjacent to an activating group) is 1. The number of rotatable bonds is 6. The molecule has 0 fully saturated rings. The number of benzene rings is 1. The standard InChI is InChI=1S/C15H18N4O3S/c1-18(2)13(14-4-3-9-22-14)10-16-15(23)17-11-5-7-12(8-6-11)19(20)21/h3-9,13H,10H2,1-2H3,(H2,16,17,23)/p+1/t13-/m1/s1. The van der Waals surface area contributed by atoms with Gasteiger partial charge in [0.05, 0.1) is 31.8 Å². The quantitative estimate of drug-likeness (QED) is 0.420. The fourth-order valence-electron chi connectivity index (χ4n) is 2.12. The summed E-state index contributed by atoms with van der Waals surface area (Å²) < 4.78 is 5.45. The van der Waals surface area contributed by atoms with E-state index in [-0.39, 0.29) is 11.7 Å². The SMILES string of the molecule is C[NH+](C)[C@H](CNC(=S)Nc1ccc([N+](=O)[O-])cc1)c1ccco1. The first-order valence-electron chi connectivity index (χ1n) is 7.10. The van der Waals surface area contributed by atoms with Gasteiger partial charge >= 0.3 is 0 Å². The third kappa shape index (κ3) is 4.76. The van der Waals surface area contributed by atoms with Crippen molar-refractivity contribution in [1.29, 1.82) is 0 Å². The molecule has 0 radical (unpaired) electrons. The van der Waals surface area contributed by atoms with Gasteiger partial charge in [-0.25, -0.2) is 0 Å². The van der Waals surface area contributed by atoms with Crippen LogP contribution in [-0.4, -0.2) is 30.7 Å². The summed E-state index contributed by atoms with van der Waals surface area (Å²) in [7, 11) is 4.09. The van der Waals surface area contributed by atoms with Gasteiger partial charge in [-0.1, -0.05) is 0 Å². The van der Waals surface area contributed by atoms with Crippen LogP contribution in [0.3, 0.4) is 0 Å². The van der Waals surface area contributed by atoms with E-state index in [1.165, 1.54) is 17.0 Å². The van der Waals surface area contributed by atoms with Crippen molar-refractivity contribution in [3.05, 3.63) is 58.5 Å². The van der Waals surface area contributed by atoms with Gasteiger partial charge in [0, 0.05) is 17.8 Å². The Morgan fingerprint density at radius 1 is 1.35 bits per heavy atom. The molecule has 23 heavy (non-hydrogen) atoms. The molecule has 1 heterocycles. The van der Waals surface area contributed by atoms with Crippen LogP contribution in [-0.2, 0) is 0 Å². The maximum absolute atomic E-state index is 10.6. The van der Waals surface area contributed by atoms with Gasteiger partial charge < -0.3 is 20.0 Å². The van der Waals surface area contributed by atoms with E-state index in [9.17, 15) is 10.1 Å². The highest BCUT2D eigenvalue weighted by molar-refractivity contribution is 7.80. The molecular formula is C15H19N4O3S+. The molecule has 8 heteroatoms. The molecule has 0 amide bonds. The van der Waals surface area contributed by atoms with Crippen molar-refractivity contribution in [2.24, 2.45) is 0 Å². The average Bonchev–Trinajstić information content (AvgIpc) is 3.01. The lowest BCUT2D eigenvalue weighted by Crippen LogP contribution is -3.07. The van der Waals surface area contributed by atoms with Crippen molar-refractivity contribution < 1.29 is 14.2 Å². The molecule has 0 aliphatic carbocycles. The molecule has 0 aliphatic rings. The zero-order chi connectivity index (χ0) is 16.8. The maximum Gasteiger partial charge on any atom is 0.269 e. The number of thiocarbonyl (C=S) groups is 1. The van der Waals surface area contributed by atoms with Crippen LogP contribution in [0.1, 0.15) is 11.8 Å². The van der Waals surface area contributed by atoms with Gasteiger partial charge in [0.15, 0.2) is 16.9 Å². The molecule has 122 valence electrons. The molecule has 1 aromatic carbocycles. The Hall–Kier alpha value is -2.45. The molecule has 0 aliphatic heterocycles. The van der Waals surface area contributed by atoms with Crippen molar-refractivity contribution in [3.63, 3.8) is 0 Å². The zero-order valence-corrected chi connectivity index (χ0v) is 13.7. The second-order valence-corrected chi connectivity index (χ2v) is 5.69. The minimum atomic E-state index is -0.436. The minimum Gasteiger partial charge on any atom is -0.463 e. The Kier molecular flexibility index (Phi) is 5.67. The Bertz CT molecular complexity index is 656. The molecule has 0 saturated carbocycles. The summed E-state index contributed by atoms with van der Waals surface area (Å²) in [6, 6.07) is 10.0. The van der Waals surface area contributed by atoms with Gasteiger partial charge in [-0.05, 0) is 36.5 Å².